The van der Waals surface area contributed by atoms with Crippen molar-refractivity contribution in [3.63, 3.8) is 0 Å². The Labute approximate surface area is 119 Å². The van der Waals surface area contributed by atoms with Crippen LogP contribution in [-0.2, 0) is 6.61 Å². The molecule has 1 N–H and O–H groups in total. The first kappa shape index (κ1) is 13.1. The van der Waals surface area contributed by atoms with Gasteiger partial charge in [0.25, 0.3) is 5.69 Å². The molecular formula is C13H12ClN3O3. The van der Waals surface area contributed by atoms with E-state index in [9.17, 15) is 15.2 Å². The average molecular weight is 294 g/mol. The van der Waals surface area contributed by atoms with Gasteiger partial charge >= 0.3 is 0 Å². The number of aromatic nitrogens is 2. The van der Waals surface area contributed by atoms with Crippen molar-refractivity contribution in [2.75, 3.05) is 0 Å². The second kappa shape index (κ2) is 4.88. The number of halogens is 1. The van der Waals surface area contributed by atoms with E-state index in [1.807, 2.05) is 0 Å². The van der Waals surface area contributed by atoms with Crippen LogP contribution in [0, 0.1) is 10.1 Å². The van der Waals surface area contributed by atoms with Crippen LogP contribution in [0.1, 0.15) is 30.0 Å². The Kier molecular flexibility index (Phi) is 3.19. The Morgan fingerprint density at radius 3 is 2.85 bits per heavy atom. The van der Waals surface area contributed by atoms with Gasteiger partial charge in [0.1, 0.15) is 5.15 Å². The Balaban J connectivity index is 2.10. The molecule has 0 atom stereocenters. The standard InChI is InChI=1S/C13H12ClN3O3/c14-13-11(7-18)12(8-4-5-8)15-16(13)9-2-1-3-10(6-9)17(19)20/h1-3,6,8,18H,4-5,7H2. The highest BCUT2D eigenvalue weighted by atomic mass is 35.5. The van der Waals surface area contributed by atoms with Crippen LogP contribution >= 0.6 is 11.6 Å². The first-order valence-electron chi connectivity index (χ1n) is 6.24. The van der Waals surface area contributed by atoms with Gasteiger partial charge in [-0.15, -0.1) is 0 Å². The van der Waals surface area contributed by atoms with E-state index in [0.717, 1.165) is 18.5 Å². The van der Waals surface area contributed by atoms with Crippen LogP contribution in [0.3, 0.4) is 0 Å². The lowest BCUT2D eigenvalue weighted by Gasteiger charge is -2.03. The van der Waals surface area contributed by atoms with Crippen molar-refractivity contribution in [3.05, 3.63) is 50.8 Å². The molecule has 1 aliphatic rings. The van der Waals surface area contributed by atoms with Crippen molar-refractivity contribution in [1.82, 2.24) is 9.78 Å². The molecule has 1 fully saturated rings. The molecule has 0 unspecified atom stereocenters. The number of nitro groups is 1. The van der Waals surface area contributed by atoms with Crippen molar-refractivity contribution in [1.29, 1.82) is 0 Å². The van der Waals surface area contributed by atoms with E-state index in [4.69, 9.17) is 11.6 Å². The van der Waals surface area contributed by atoms with E-state index in [1.165, 1.54) is 16.8 Å². The summed E-state index contributed by atoms with van der Waals surface area (Å²) in [6, 6.07) is 6.11. The van der Waals surface area contributed by atoms with Gasteiger partial charge in [-0.25, -0.2) is 4.68 Å². The van der Waals surface area contributed by atoms with Crippen molar-refractivity contribution < 1.29 is 10.0 Å². The maximum absolute atomic E-state index is 10.8. The molecule has 1 aromatic heterocycles. The van der Waals surface area contributed by atoms with Crippen LogP contribution in [0.15, 0.2) is 24.3 Å². The van der Waals surface area contributed by atoms with Crippen molar-refractivity contribution in [2.24, 2.45) is 0 Å². The van der Waals surface area contributed by atoms with E-state index >= 15 is 0 Å². The summed E-state index contributed by atoms with van der Waals surface area (Å²) < 4.78 is 1.45. The molecule has 104 valence electrons. The molecular weight excluding hydrogens is 282 g/mol. The molecule has 0 radical (unpaired) electrons. The first-order valence-corrected chi connectivity index (χ1v) is 6.62. The van der Waals surface area contributed by atoms with Crippen molar-refractivity contribution in [2.45, 2.75) is 25.4 Å². The fourth-order valence-electron chi connectivity index (χ4n) is 2.19. The van der Waals surface area contributed by atoms with Crippen LogP contribution < -0.4 is 0 Å². The summed E-state index contributed by atoms with van der Waals surface area (Å²) in [4.78, 5) is 10.4. The van der Waals surface area contributed by atoms with Crippen LogP contribution in [-0.4, -0.2) is 19.8 Å². The second-order valence-corrected chi connectivity index (χ2v) is 5.13. The average Bonchev–Trinajstić information content (AvgIpc) is 3.23. The summed E-state index contributed by atoms with van der Waals surface area (Å²) in [5, 5.41) is 25.0. The highest BCUT2D eigenvalue weighted by molar-refractivity contribution is 6.30. The fraction of sp³-hybridized carbons (Fsp3) is 0.308. The number of aliphatic hydroxyl groups is 1. The van der Waals surface area contributed by atoms with E-state index in [-0.39, 0.29) is 12.3 Å². The third kappa shape index (κ3) is 2.17. The number of non-ortho nitro benzene ring substituents is 1. The third-order valence-corrected chi connectivity index (χ3v) is 3.75. The highest BCUT2D eigenvalue weighted by Crippen LogP contribution is 2.43. The van der Waals surface area contributed by atoms with Crippen LogP contribution in [0.5, 0.6) is 0 Å². The third-order valence-electron chi connectivity index (χ3n) is 3.36. The number of aliphatic hydroxyl groups excluding tert-OH is 1. The lowest BCUT2D eigenvalue weighted by atomic mass is 10.2. The zero-order valence-corrected chi connectivity index (χ0v) is 11.2. The molecule has 1 heterocycles. The van der Waals surface area contributed by atoms with Gasteiger partial charge in [-0.3, -0.25) is 10.1 Å². The normalized spacial score (nSPS) is 14.5. The molecule has 7 heteroatoms. The lowest BCUT2D eigenvalue weighted by molar-refractivity contribution is -0.384. The maximum Gasteiger partial charge on any atom is 0.271 e. The molecule has 2 aromatic rings. The molecule has 1 saturated carbocycles. The second-order valence-electron chi connectivity index (χ2n) is 4.78. The zero-order chi connectivity index (χ0) is 14.3. The molecule has 0 amide bonds. The molecule has 1 aliphatic carbocycles. The van der Waals surface area contributed by atoms with Gasteiger partial charge in [-0.05, 0) is 18.9 Å². The van der Waals surface area contributed by atoms with Gasteiger partial charge in [-0.2, -0.15) is 5.10 Å². The van der Waals surface area contributed by atoms with Gasteiger partial charge in [0, 0.05) is 23.6 Å². The zero-order valence-electron chi connectivity index (χ0n) is 10.5. The topological polar surface area (TPSA) is 81.2 Å². The number of hydrogen-bond acceptors (Lipinski definition) is 4. The summed E-state index contributed by atoms with van der Waals surface area (Å²) in [6.45, 7) is -0.181. The summed E-state index contributed by atoms with van der Waals surface area (Å²) in [5.74, 6) is 0.342. The Hall–Kier alpha value is -1.92. The van der Waals surface area contributed by atoms with Crippen LogP contribution in [0.4, 0.5) is 5.69 Å². The minimum absolute atomic E-state index is 0.0208. The number of hydrogen-bond donors (Lipinski definition) is 1. The molecule has 20 heavy (non-hydrogen) atoms. The molecule has 0 bridgehead atoms. The maximum atomic E-state index is 10.8. The Morgan fingerprint density at radius 2 is 2.25 bits per heavy atom. The molecule has 6 nitrogen and oxygen atoms in total. The van der Waals surface area contributed by atoms with E-state index in [2.05, 4.69) is 5.10 Å². The number of rotatable bonds is 4. The monoisotopic (exact) mass is 293 g/mol. The Bertz CT molecular complexity index is 679. The SMILES string of the molecule is O=[N+]([O-])c1cccc(-n2nc(C3CC3)c(CO)c2Cl)c1. The molecule has 0 saturated heterocycles. The summed E-state index contributed by atoms with van der Waals surface area (Å²) in [7, 11) is 0. The fourth-order valence-corrected chi connectivity index (χ4v) is 2.48. The predicted molar refractivity (Wildman–Crippen MR) is 73.1 cm³/mol. The summed E-state index contributed by atoms with van der Waals surface area (Å²) in [5.41, 5.74) is 1.91. The largest absolute Gasteiger partial charge is 0.391 e. The van der Waals surface area contributed by atoms with Gasteiger partial charge in [0.15, 0.2) is 0 Å². The minimum atomic E-state index is -0.463. The summed E-state index contributed by atoms with van der Waals surface area (Å²) >= 11 is 6.24. The minimum Gasteiger partial charge on any atom is -0.391 e. The van der Waals surface area contributed by atoms with Gasteiger partial charge in [0.2, 0.25) is 0 Å². The van der Waals surface area contributed by atoms with Crippen molar-refractivity contribution in [3.8, 4) is 5.69 Å². The van der Waals surface area contributed by atoms with E-state index in [1.54, 1.807) is 12.1 Å². The summed E-state index contributed by atoms with van der Waals surface area (Å²) in [6.07, 6.45) is 2.07. The van der Waals surface area contributed by atoms with E-state index < -0.39 is 4.92 Å². The molecule has 0 aliphatic heterocycles. The first-order chi connectivity index (χ1) is 9.61. The van der Waals surface area contributed by atoms with Gasteiger partial charge < -0.3 is 5.11 Å². The van der Waals surface area contributed by atoms with E-state index in [0.29, 0.717) is 22.3 Å². The quantitative estimate of drug-likeness (QED) is 0.694. The number of nitrogens with zero attached hydrogens (tertiary/aromatic N) is 3. The van der Waals surface area contributed by atoms with Gasteiger partial charge in [-0.1, -0.05) is 17.7 Å². The highest BCUT2D eigenvalue weighted by Gasteiger charge is 2.31. The number of benzene rings is 1. The Morgan fingerprint density at radius 1 is 1.50 bits per heavy atom. The molecule has 0 spiro atoms. The molecule has 3 rings (SSSR count). The predicted octanol–water partition coefficient (Wildman–Crippen LogP) is 2.80. The lowest BCUT2D eigenvalue weighted by Crippen LogP contribution is -1.98. The van der Waals surface area contributed by atoms with Crippen molar-refractivity contribution >= 4 is 17.3 Å². The van der Waals surface area contributed by atoms with Crippen LogP contribution in [0.25, 0.3) is 5.69 Å². The van der Waals surface area contributed by atoms with Crippen LogP contribution in [0.2, 0.25) is 5.15 Å². The number of nitro benzene ring substituents is 1. The van der Waals surface area contributed by atoms with Gasteiger partial charge in [0.05, 0.1) is 22.9 Å². The smallest absolute Gasteiger partial charge is 0.271 e. The molecule has 1 aromatic carbocycles.